The van der Waals surface area contributed by atoms with Crippen LogP contribution in [-0.4, -0.2) is 53.6 Å². The maximum atomic E-state index is 14.8. The molecule has 4 N–H and O–H groups in total. The van der Waals surface area contributed by atoms with Crippen LogP contribution in [0.2, 0.25) is 0 Å². The largest absolute Gasteiger partial charge is 0.476 e. The Morgan fingerprint density at radius 3 is 2.81 bits per heavy atom. The van der Waals surface area contributed by atoms with Crippen LogP contribution in [0, 0.1) is 11.6 Å². The van der Waals surface area contributed by atoms with Gasteiger partial charge < -0.3 is 15.2 Å². The molecule has 1 amide bonds. The zero-order chi connectivity index (χ0) is 23.3. The zero-order valence-corrected chi connectivity index (χ0v) is 17.8. The Hall–Kier alpha value is -3.32. The van der Waals surface area contributed by atoms with Gasteiger partial charge >= 0.3 is 0 Å². The lowest BCUT2D eigenvalue weighted by molar-refractivity contribution is 0.101. The number of anilines is 2. The van der Waals surface area contributed by atoms with Gasteiger partial charge in [0, 0.05) is 13.0 Å². The van der Waals surface area contributed by atoms with Crippen molar-refractivity contribution in [1.29, 1.82) is 0 Å². The Labute approximate surface area is 182 Å². The number of aliphatic hydroxyl groups is 1. The van der Waals surface area contributed by atoms with E-state index >= 15 is 0 Å². The van der Waals surface area contributed by atoms with Gasteiger partial charge in [-0.1, -0.05) is 6.92 Å². The molecular formula is C19H21F2N5O5S. The van der Waals surface area contributed by atoms with E-state index in [4.69, 9.17) is 9.84 Å². The molecule has 2 aromatic heterocycles. The highest BCUT2D eigenvalue weighted by Crippen LogP contribution is 2.26. The van der Waals surface area contributed by atoms with Gasteiger partial charge in [0.2, 0.25) is 15.9 Å². The fourth-order valence-corrected chi connectivity index (χ4v) is 3.95. The predicted molar refractivity (Wildman–Crippen MR) is 113 cm³/mol. The van der Waals surface area contributed by atoms with Crippen molar-refractivity contribution in [1.82, 2.24) is 15.2 Å². The van der Waals surface area contributed by atoms with E-state index in [1.165, 1.54) is 12.3 Å². The summed E-state index contributed by atoms with van der Waals surface area (Å²) >= 11 is 0. The third kappa shape index (κ3) is 5.29. The first kappa shape index (κ1) is 23.3. The molecule has 3 rings (SSSR count). The fourth-order valence-electron chi connectivity index (χ4n) is 2.81. The van der Waals surface area contributed by atoms with Gasteiger partial charge in [0.25, 0.3) is 5.91 Å². The SMILES string of the molecule is CCCS(=O)(=O)Nc1ccc(F)c(C(=O)Nc2cnc3[nH]nc(OCCCO)c3c2)c1F. The lowest BCUT2D eigenvalue weighted by Crippen LogP contribution is -2.20. The summed E-state index contributed by atoms with van der Waals surface area (Å²) in [6, 6.07) is 3.15. The molecule has 13 heteroatoms. The van der Waals surface area contributed by atoms with Crippen LogP contribution in [0.4, 0.5) is 20.2 Å². The molecule has 0 aliphatic carbocycles. The van der Waals surface area contributed by atoms with Gasteiger partial charge in [-0.05, 0) is 24.6 Å². The molecule has 172 valence electrons. The first-order valence-corrected chi connectivity index (χ1v) is 11.3. The van der Waals surface area contributed by atoms with E-state index in [0.29, 0.717) is 23.9 Å². The van der Waals surface area contributed by atoms with Crippen molar-refractivity contribution in [2.24, 2.45) is 0 Å². The highest BCUT2D eigenvalue weighted by atomic mass is 32.2. The van der Waals surface area contributed by atoms with Gasteiger partial charge in [0.05, 0.1) is 35.3 Å². The second-order valence-electron chi connectivity index (χ2n) is 6.73. The van der Waals surface area contributed by atoms with E-state index < -0.39 is 38.8 Å². The number of fused-ring (bicyclic) bond motifs is 1. The van der Waals surface area contributed by atoms with Gasteiger partial charge in [-0.15, -0.1) is 5.10 Å². The number of hydrogen-bond acceptors (Lipinski definition) is 7. The maximum Gasteiger partial charge on any atom is 0.261 e. The summed E-state index contributed by atoms with van der Waals surface area (Å²) in [5.74, 6) is -3.72. The summed E-state index contributed by atoms with van der Waals surface area (Å²) < 4.78 is 60.3. The Bertz CT molecular complexity index is 1230. The molecule has 3 aromatic rings. The highest BCUT2D eigenvalue weighted by Gasteiger charge is 2.23. The van der Waals surface area contributed by atoms with E-state index in [-0.39, 0.29) is 30.5 Å². The predicted octanol–water partition coefficient (Wildman–Crippen LogP) is 2.40. The number of aliphatic hydroxyl groups excluding tert-OH is 1. The number of amides is 1. The molecule has 0 atom stereocenters. The standard InChI is InChI=1S/C19H21F2N5O5S/c1-2-8-32(29,30)26-14-5-4-13(20)15(16(14)21)18(28)23-11-9-12-17(22-10-11)24-25-19(12)31-7-3-6-27/h4-5,9-10,26-27H,2-3,6-8H2,1H3,(H,23,28)(H,22,24,25). The molecule has 32 heavy (non-hydrogen) atoms. The normalized spacial score (nSPS) is 11.5. The van der Waals surface area contributed by atoms with Gasteiger partial charge in [0.15, 0.2) is 11.5 Å². The molecule has 0 unspecified atom stereocenters. The number of aromatic amines is 1. The lowest BCUT2D eigenvalue weighted by Gasteiger charge is -2.12. The molecule has 0 aliphatic heterocycles. The van der Waals surface area contributed by atoms with Gasteiger partial charge in [-0.25, -0.2) is 22.2 Å². The summed E-state index contributed by atoms with van der Waals surface area (Å²) in [5.41, 5.74) is -1.03. The van der Waals surface area contributed by atoms with Crippen molar-refractivity contribution >= 4 is 38.3 Å². The minimum Gasteiger partial charge on any atom is -0.476 e. The minimum atomic E-state index is -3.85. The quantitative estimate of drug-likeness (QED) is 0.334. The number of halogens is 2. The number of H-pyrrole nitrogens is 1. The number of ether oxygens (including phenoxy) is 1. The second-order valence-corrected chi connectivity index (χ2v) is 8.58. The zero-order valence-electron chi connectivity index (χ0n) is 17.0. The summed E-state index contributed by atoms with van der Waals surface area (Å²) in [5, 5.41) is 18.2. The van der Waals surface area contributed by atoms with Crippen LogP contribution in [0.15, 0.2) is 24.4 Å². The lowest BCUT2D eigenvalue weighted by atomic mass is 10.1. The number of carbonyl (C=O) groups is 1. The van der Waals surface area contributed by atoms with Crippen LogP contribution in [0.1, 0.15) is 30.1 Å². The Kier molecular flexibility index (Phi) is 7.20. The average Bonchev–Trinajstić information content (AvgIpc) is 3.13. The number of nitrogens with one attached hydrogen (secondary N) is 3. The van der Waals surface area contributed by atoms with E-state index in [1.807, 2.05) is 4.72 Å². The van der Waals surface area contributed by atoms with Crippen molar-refractivity contribution < 1.29 is 31.8 Å². The third-order valence-corrected chi connectivity index (χ3v) is 5.71. The van der Waals surface area contributed by atoms with Crippen molar-refractivity contribution in [2.75, 3.05) is 29.0 Å². The molecule has 0 radical (unpaired) electrons. The average molecular weight is 469 g/mol. The number of nitrogens with zero attached hydrogens (tertiary/aromatic N) is 2. The first-order valence-electron chi connectivity index (χ1n) is 9.63. The van der Waals surface area contributed by atoms with Crippen LogP contribution < -0.4 is 14.8 Å². The minimum absolute atomic E-state index is 0.0628. The molecule has 2 heterocycles. The molecule has 0 bridgehead atoms. The van der Waals surface area contributed by atoms with Crippen LogP contribution in [0.3, 0.4) is 0 Å². The number of aromatic nitrogens is 3. The number of benzene rings is 1. The van der Waals surface area contributed by atoms with Crippen LogP contribution in [0.5, 0.6) is 5.88 Å². The number of carbonyl (C=O) groups excluding carboxylic acids is 1. The van der Waals surface area contributed by atoms with Crippen molar-refractivity contribution in [3.05, 3.63) is 41.6 Å². The summed E-state index contributed by atoms with van der Waals surface area (Å²) in [4.78, 5) is 16.7. The molecule has 0 fully saturated rings. The van der Waals surface area contributed by atoms with E-state index in [1.54, 1.807) is 6.92 Å². The molecular weight excluding hydrogens is 448 g/mol. The molecule has 0 aliphatic rings. The third-order valence-electron chi connectivity index (χ3n) is 4.24. The first-order chi connectivity index (χ1) is 15.3. The molecule has 1 aromatic carbocycles. The smallest absolute Gasteiger partial charge is 0.261 e. The number of pyridine rings is 1. The molecule has 10 nitrogen and oxygen atoms in total. The van der Waals surface area contributed by atoms with Crippen LogP contribution in [-0.2, 0) is 10.0 Å². The molecule has 0 saturated heterocycles. The summed E-state index contributed by atoms with van der Waals surface area (Å²) in [6.07, 6.45) is 1.93. The Morgan fingerprint density at radius 1 is 1.31 bits per heavy atom. The van der Waals surface area contributed by atoms with Crippen LogP contribution >= 0.6 is 0 Å². The van der Waals surface area contributed by atoms with Crippen molar-refractivity contribution in [2.45, 2.75) is 19.8 Å². The second kappa shape index (κ2) is 9.87. The van der Waals surface area contributed by atoms with E-state index in [9.17, 15) is 22.0 Å². The van der Waals surface area contributed by atoms with Gasteiger partial charge in [-0.2, -0.15) is 0 Å². The molecule has 0 saturated carbocycles. The Morgan fingerprint density at radius 2 is 2.09 bits per heavy atom. The molecule has 0 spiro atoms. The summed E-state index contributed by atoms with van der Waals surface area (Å²) in [7, 11) is -3.85. The van der Waals surface area contributed by atoms with E-state index in [0.717, 1.165) is 12.1 Å². The van der Waals surface area contributed by atoms with Gasteiger partial charge in [-0.3, -0.25) is 14.6 Å². The van der Waals surface area contributed by atoms with Crippen molar-refractivity contribution in [3.63, 3.8) is 0 Å². The maximum absolute atomic E-state index is 14.8. The highest BCUT2D eigenvalue weighted by molar-refractivity contribution is 7.92. The Balaban J connectivity index is 1.86. The van der Waals surface area contributed by atoms with Crippen molar-refractivity contribution in [3.8, 4) is 5.88 Å². The van der Waals surface area contributed by atoms with E-state index in [2.05, 4.69) is 20.5 Å². The van der Waals surface area contributed by atoms with Gasteiger partial charge in [0.1, 0.15) is 11.4 Å². The fraction of sp³-hybridized carbons (Fsp3) is 0.316. The number of hydrogen-bond donors (Lipinski definition) is 4. The number of sulfonamides is 1. The topological polar surface area (TPSA) is 146 Å². The monoisotopic (exact) mass is 469 g/mol. The number of rotatable bonds is 10. The van der Waals surface area contributed by atoms with Crippen LogP contribution in [0.25, 0.3) is 11.0 Å². The summed E-state index contributed by atoms with van der Waals surface area (Å²) in [6.45, 7) is 1.77.